The van der Waals surface area contributed by atoms with Gasteiger partial charge >= 0.3 is 0 Å². The Morgan fingerprint density at radius 1 is 1.28 bits per heavy atom. The topological polar surface area (TPSA) is 63.8 Å². The van der Waals surface area contributed by atoms with Crippen LogP contribution in [0.5, 0.6) is 0 Å². The van der Waals surface area contributed by atoms with Crippen molar-refractivity contribution in [3.05, 3.63) is 48.3 Å². The maximum Gasteiger partial charge on any atom is 0.143 e. The molecule has 1 aromatic heterocycles. The largest absolute Gasteiger partial charge is 0.383 e. The number of nitrogens with two attached hydrogens (primary N) is 1. The normalized spacial score (nSPS) is 10.1. The molecule has 18 heavy (non-hydrogen) atoms. The third-order valence-corrected chi connectivity index (χ3v) is 2.74. The van der Waals surface area contributed by atoms with Crippen molar-refractivity contribution in [1.29, 1.82) is 0 Å². The number of rotatable bonds is 4. The van der Waals surface area contributed by atoms with Crippen LogP contribution in [0.4, 0.5) is 17.3 Å². The van der Waals surface area contributed by atoms with Gasteiger partial charge in [-0.25, -0.2) is 9.97 Å². The average molecular weight is 240 g/mol. The fourth-order valence-electron chi connectivity index (χ4n) is 1.67. The van der Waals surface area contributed by atoms with Crippen molar-refractivity contribution in [2.24, 2.45) is 0 Å². The van der Waals surface area contributed by atoms with Crippen molar-refractivity contribution < 1.29 is 0 Å². The van der Waals surface area contributed by atoms with Gasteiger partial charge in [0.15, 0.2) is 0 Å². The van der Waals surface area contributed by atoms with Gasteiger partial charge < -0.3 is 11.1 Å². The number of aromatic nitrogens is 2. The Balaban J connectivity index is 2.28. The Bertz CT molecular complexity index is 546. The van der Waals surface area contributed by atoms with Gasteiger partial charge in [0.1, 0.15) is 18.0 Å². The Labute approximate surface area is 107 Å². The summed E-state index contributed by atoms with van der Waals surface area (Å²) in [5.41, 5.74) is 8.75. The van der Waals surface area contributed by atoms with Crippen LogP contribution >= 0.6 is 0 Å². The van der Waals surface area contributed by atoms with Crippen LogP contribution in [0.3, 0.4) is 0 Å². The van der Waals surface area contributed by atoms with Gasteiger partial charge in [-0.05, 0) is 24.1 Å². The standard InChI is InChI=1S/C14H16N4/c1-3-10-5-7-11(8-6-10)18-14-12(4-2)13(15)16-9-17-14/h4-9H,2-3H2,1H3,(H3,15,16,17,18). The molecule has 0 unspecified atom stereocenters. The molecule has 1 heterocycles. The first-order chi connectivity index (χ1) is 8.74. The molecule has 0 fully saturated rings. The summed E-state index contributed by atoms with van der Waals surface area (Å²) >= 11 is 0. The molecule has 0 amide bonds. The van der Waals surface area contributed by atoms with E-state index < -0.39 is 0 Å². The number of nitrogens with one attached hydrogen (secondary N) is 1. The fraction of sp³-hybridized carbons (Fsp3) is 0.143. The number of hydrogen-bond acceptors (Lipinski definition) is 4. The number of nitrogens with zero attached hydrogens (tertiary/aromatic N) is 2. The molecule has 0 spiro atoms. The smallest absolute Gasteiger partial charge is 0.143 e. The summed E-state index contributed by atoms with van der Waals surface area (Å²) < 4.78 is 0. The quantitative estimate of drug-likeness (QED) is 0.862. The summed E-state index contributed by atoms with van der Waals surface area (Å²) in [6.07, 6.45) is 4.11. The predicted octanol–water partition coefficient (Wildman–Crippen LogP) is 3.01. The first kappa shape index (κ1) is 12.1. The maximum absolute atomic E-state index is 5.77. The SMILES string of the molecule is C=Cc1c(N)ncnc1Nc1ccc(CC)cc1. The van der Waals surface area contributed by atoms with E-state index in [9.17, 15) is 0 Å². The van der Waals surface area contributed by atoms with Gasteiger partial charge in [-0.3, -0.25) is 0 Å². The lowest BCUT2D eigenvalue weighted by atomic mass is 10.1. The average Bonchev–Trinajstić information content (AvgIpc) is 2.40. The van der Waals surface area contributed by atoms with E-state index >= 15 is 0 Å². The van der Waals surface area contributed by atoms with Crippen molar-refractivity contribution >= 4 is 23.4 Å². The van der Waals surface area contributed by atoms with Crippen molar-refractivity contribution in [2.75, 3.05) is 11.1 Å². The maximum atomic E-state index is 5.77. The number of benzene rings is 1. The number of hydrogen-bond donors (Lipinski definition) is 2. The molecule has 0 atom stereocenters. The third-order valence-electron chi connectivity index (χ3n) is 2.74. The van der Waals surface area contributed by atoms with Crippen LogP contribution in [0.1, 0.15) is 18.1 Å². The molecule has 0 aliphatic rings. The summed E-state index contributed by atoms with van der Waals surface area (Å²) in [6.45, 7) is 5.85. The lowest BCUT2D eigenvalue weighted by Crippen LogP contribution is -2.02. The van der Waals surface area contributed by atoms with Crippen molar-refractivity contribution in [3.8, 4) is 0 Å². The van der Waals surface area contributed by atoms with E-state index in [0.717, 1.165) is 17.7 Å². The van der Waals surface area contributed by atoms with Crippen molar-refractivity contribution in [1.82, 2.24) is 9.97 Å². The first-order valence-corrected chi connectivity index (χ1v) is 5.83. The van der Waals surface area contributed by atoms with Crippen LogP contribution in [-0.4, -0.2) is 9.97 Å². The van der Waals surface area contributed by atoms with E-state index in [4.69, 9.17) is 5.73 Å². The summed E-state index contributed by atoms with van der Waals surface area (Å²) in [6, 6.07) is 8.20. The molecule has 4 nitrogen and oxygen atoms in total. The molecule has 4 heteroatoms. The lowest BCUT2D eigenvalue weighted by molar-refractivity contribution is 1.14. The molecule has 0 aliphatic heterocycles. The van der Waals surface area contributed by atoms with E-state index in [1.807, 2.05) is 12.1 Å². The second-order valence-electron chi connectivity index (χ2n) is 3.90. The van der Waals surface area contributed by atoms with Crippen LogP contribution in [0, 0.1) is 0 Å². The molecule has 0 radical (unpaired) electrons. The molecule has 0 saturated heterocycles. The van der Waals surface area contributed by atoms with Gasteiger partial charge in [0.2, 0.25) is 0 Å². The number of anilines is 3. The van der Waals surface area contributed by atoms with Crippen LogP contribution in [-0.2, 0) is 6.42 Å². The van der Waals surface area contributed by atoms with E-state index in [2.05, 4.69) is 40.9 Å². The summed E-state index contributed by atoms with van der Waals surface area (Å²) in [4.78, 5) is 8.11. The second kappa shape index (κ2) is 5.31. The molecule has 1 aromatic carbocycles. The zero-order valence-corrected chi connectivity index (χ0v) is 10.4. The van der Waals surface area contributed by atoms with Gasteiger partial charge in [0.05, 0.1) is 5.56 Å². The highest BCUT2D eigenvalue weighted by Crippen LogP contribution is 2.22. The van der Waals surface area contributed by atoms with Gasteiger partial charge in [-0.1, -0.05) is 31.7 Å². The second-order valence-corrected chi connectivity index (χ2v) is 3.90. The summed E-state index contributed by atoms with van der Waals surface area (Å²) in [5.74, 6) is 1.09. The molecule has 2 aromatic rings. The van der Waals surface area contributed by atoms with Gasteiger partial charge in [0, 0.05) is 5.69 Å². The number of nitrogen functional groups attached to an aromatic ring is 1. The number of aryl methyl sites for hydroxylation is 1. The van der Waals surface area contributed by atoms with E-state index in [1.165, 1.54) is 11.9 Å². The Morgan fingerprint density at radius 2 is 2.00 bits per heavy atom. The minimum absolute atomic E-state index is 0.424. The van der Waals surface area contributed by atoms with E-state index in [1.54, 1.807) is 6.08 Å². The van der Waals surface area contributed by atoms with Crippen LogP contribution in [0.25, 0.3) is 6.08 Å². The highest BCUT2D eigenvalue weighted by Gasteiger charge is 2.05. The van der Waals surface area contributed by atoms with E-state index in [-0.39, 0.29) is 0 Å². The Kier molecular flexibility index (Phi) is 3.57. The third kappa shape index (κ3) is 2.48. The van der Waals surface area contributed by atoms with Gasteiger partial charge in [0.25, 0.3) is 0 Å². The molecule has 2 rings (SSSR count). The van der Waals surface area contributed by atoms with Crippen molar-refractivity contribution in [2.45, 2.75) is 13.3 Å². The molecule has 92 valence electrons. The van der Waals surface area contributed by atoms with Crippen LogP contribution in [0.2, 0.25) is 0 Å². The van der Waals surface area contributed by atoms with Gasteiger partial charge in [-0.15, -0.1) is 0 Å². The highest BCUT2D eigenvalue weighted by molar-refractivity contribution is 5.74. The summed E-state index contributed by atoms with van der Waals surface area (Å²) in [5, 5.41) is 3.21. The molecule has 3 N–H and O–H groups in total. The Morgan fingerprint density at radius 3 is 2.61 bits per heavy atom. The van der Waals surface area contributed by atoms with E-state index in [0.29, 0.717) is 11.6 Å². The minimum atomic E-state index is 0.424. The fourth-order valence-corrected chi connectivity index (χ4v) is 1.67. The molecule has 0 aliphatic carbocycles. The zero-order chi connectivity index (χ0) is 13.0. The zero-order valence-electron chi connectivity index (χ0n) is 10.4. The lowest BCUT2D eigenvalue weighted by Gasteiger charge is -2.10. The van der Waals surface area contributed by atoms with Crippen LogP contribution < -0.4 is 11.1 Å². The minimum Gasteiger partial charge on any atom is -0.383 e. The van der Waals surface area contributed by atoms with Gasteiger partial charge in [-0.2, -0.15) is 0 Å². The van der Waals surface area contributed by atoms with Crippen molar-refractivity contribution in [3.63, 3.8) is 0 Å². The first-order valence-electron chi connectivity index (χ1n) is 5.83. The highest BCUT2D eigenvalue weighted by atomic mass is 15.0. The monoisotopic (exact) mass is 240 g/mol. The van der Waals surface area contributed by atoms with Crippen LogP contribution in [0.15, 0.2) is 37.2 Å². The predicted molar refractivity (Wildman–Crippen MR) is 75.6 cm³/mol. The summed E-state index contributed by atoms with van der Waals surface area (Å²) in [7, 11) is 0. The molecule has 0 bridgehead atoms. The molecular formula is C14H16N4. The molecular weight excluding hydrogens is 224 g/mol. The molecule has 0 saturated carbocycles. The Hall–Kier alpha value is -2.36.